The van der Waals surface area contributed by atoms with Gasteiger partial charge in [0.25, 0.3) is 0 Å². The molecule has 2 aliphatic heterocycles. The molecule has 4 fully saturated rings. The van der Waals surface area contributed by atoms with E-state index in [1.54, 1.807) is 0 Å². The highest BCUT2D eigenvalue weighted by Crippen LogP contribution is 2.34. The summed E-state index contributed by atoms with van der Waals surface area (Å²) < 4.78 is 0.760. The van der Waals surface area contributed by atoms with E-state index in [1.165, 1.54) is 38.5 Å². The third kappa shape index (κ3) is 2.47. The molecule has 2 saturated heterocycles. The van der Waals surface area contributed by atoms with Gasteiger partial charge in [0.05, 0.1) is 6.04 Å². The maximum Gasteiger partial charge on any atom is 0.419 e. The van der Waals surface area contributed by atoms with Gasteiger partial charge in [-0.15, -0.1) is 0 Å². The second-order valence-corrected chi connectivity index (χ2v) is 7.71. The molecule has 2 heterocycles. The van der Waals surface area contributed by atoms with E-state index >= 15 is 0 Å². The van der Waals surface area contributed by atoms with Crippen molar-refractivity contribution < 1.29 is 9.28 Å². The molecule has 0 aromatic heterocycles. The second kappa shape index (κ2) is 6.10. The summed E-state index contributed by atoms with van der Waals surface area (Å²) in [5, 5.41) is 3.44. The third-order valence-electron chi connectivity index (χ3n) is 6.71. The van der Waals surface area contributed by atoms with Crippen LogP contribution in [0.1, 0.15) is 38.5 Å². The van der Waals surface area contributed by atoms with Crippen molar-refractivity contribution >= 4 is 6.03 Å². The fraction of sp³-hybridized carbons (Fsp3) is 0.941. The van der Waals surface area contributed by atoms with Crippen molar-refractivity contribution in [2.45, 2.75) is 50.6 Å². The molecule has 0 spiro atoms. The molecule has 0 unspecified atom stereocenters. The zero-order valence-electron chi connectivity index (χ0n) is 13.8. The van der Waals surface area contributed by atoms with E-state index in [-0.39, 0.29) is 0 Å². The van der Waals surface area contributed by atoms with Gasteiger partial charge in [0.15, 0.2) is 0 Å². The number of piperazine rings is 2. The lowest BCUT2D eigenvalue weighted by molar-refractivity contribution is -0.887. The molecule has 2 saturated carbocycles. The van der Waals surface area contributed by atoms with Crippen LogP contribution >= 0.6 is 0 Å². The van der Waals surface area contributed by atoms with Crippen LogP contribution in [-0.4, -0.2) is 84.8 Å². The summed E-state index contributed by atoms with van der Waals surface area (Å²) in [7, 11) is 0. The zero-order valence-corrected chi connectivity index (χ0v) is 13.8. The summed E-state index contributed by atoms with van der Waals surface area (Å²) >= 11 is 0. The van der Waals surface area contributed by atoms with Crippen LogP contribution in [0.2, 0.25) is 0 Å². The number of urea groups is 1. The Morgan fingerprint density at radius 1 is 0.909 bits per heavy atom. The van der Waals surface area contributed by atoms with E-state index in [2.05, 4.69) is 15.1 Å². The molecule has 0 atom stereocenters. The van der Waals surface area contributed by atoms with Crippen molar-refractivity contribution in [2.24, 2.45) is 0 Å². The minimum Gasteiger partial charge on any atom is -0.306 e. The van der Waals surface area contributed by atoms with Gasteiger partial charge in [-0.2, -0.15) is 0 Å². The number of nitrogens with zero attached hydrogens (tertiary/aromatic N) is 3. The normalized spacial score (nSPS) is 30.6. The Morgan fingerprint density at radius 2 is 1.55 bits per heavy atom. The van der Waals surface area contributed by atoms with Gasteiger partial charge < -0.3 is 5.32 Å². The number of hydrogen-bond donors (Lipinski definition) is 1. The van der Waals surface area contributed by atoms with Crippen LogP contribution in [0.25, 0.3) is 0 Å². The van der Waals surface area contributed by atoms with Crippen molar-refractivity contribution in [3.8, 4) is 0 Å². The van der Waals surface area contributed by atoms with Crippen molar-refractivity contribution in [1.29, 1.82) is 0 Å². The largest absolute Gasteiger partial charge is 0.419 e. The Balaban J connectivity index is 1.41. The molecule has 1 N–H and O–H groups in total. The zero-order chi connectivity index (χ0) is 15.0. The fourth-order valence-electron chi connectivity index (χ4n) is 4.70. The number of carbonyl (C=O) groups is 1. The smallest absolute Gasteiger partial charge is 0.306 e. The van der Waals surface area contributed by atoms with Crippen LogP contribution in [0, 0.1) is 0 Å². The average molecular weight is 307 g/mol. The predicted octanol–water partition coefficient (Wildman–Crippen LogP) is 1.25. The first kappa shape index (κ1) is 14.9. The maximum absolute atomic E-state index is 13.3. The molecule has 124 valence electrons. The van der Waals surface area contributed by atoms with Crippen molar-refractivity contribution in [3.05, 3.63) is 0 Å². The van der Waals surface area contributed by atoms with Gasteiger partial charge in [0.2, 0.25) is 0 Å². The van der Waals surface area contributed by atoms with E-state index in [0.717, 1.165) is 62.9 Å². The molecule has 5 heteroatoms. The summed E-state index contributed by atoms with van der Waals surface area (Å²) in [4.78, 5) is 18.1. The summed E-state index contributed by atoms with van der Waals surface area (Å²) in [5.41, 5.74) is 0. The molecule has 22 heavy (non-hydrogen) atoms. The fourth-order valence-corrected chi connectivity index (χ4v) is 4.70. The van der Waals surface area contributed by atoms with Gasteiger partial charge in [-0.05, 0) is 19.3 Å². The molecule has 4 aliphatic rings. The number of carbonyl (C=O) groups excluding carboxylic acids is 1. The van der Waals surface area contributed by atoms with Gasteiger partial charge in [-0.3, -0.25) is 9.80 Å². The van der Waals surface area contributed by atoms with Gasteiger partial charge in [-0.25, -0.2) is 9.28 Å². The molecule has 4 rings (SSSR count). The van der Waals surface area contributed by atoms with Crippen LogP contribution in [0.4, 0.5) is 4.79 Å². The summed E-state index contributed by atoms with van der Waals surface area (Å²) in [6, 6.07) is 1.88. The van der Waals surface area contributed by atoms with Crippen molar-refractivity contribution in [3.63, 3.8) is 0 Å². The number of hydrogen-bond acceptors (Lipinski definition) is 3. The molecule has 0 radical (unpaired) electrons. The van der Waals surface area contributed by atoms with Crippen LogP contribution < -0.4 is 5.32 Å². The highest BCUT2D eigenvalue weighted by atomic mass is 16.2. The monoisotopic (exact) mass is 307 g/mol. The SMILES string of the molecule is O=C(N1CCN(C2CCC2)CC1)[N+]1(C2CCC2)CCNCC1. The van der Waals surface area contributed by atoms with Crippen LogP contribution in [0.15, 0.2) is 0 Å². The Morgan fingerprint density at radius 3 is 2.05 bits per heavy atom. The van der Waals surface area contributed by atoms with Crippen LogP contribution in [0.3, 0.4) is 0 Å². The molecule has 0 aromatic rings. The minimum atomic E-state index is 0.444. The Labute approximate surface area is 134 Å². The quantitative estimate of drug-likeness (QED) is 0.780. The van der Waals surface area contributed by atoms with Gasteiger partial charge >= 0.3 is 6.03 Å². The van der Waals surface area contributed by atoms with E-state index in [1.807, 2.05) is 0 Å². The molecular weight excluding hydrogens is 276 g/mol. The lowest BCUT2D eigenvalue weighted by Crippen LogP contribution is -2.71. The van der Waals surface area contributed by atoms with Crippen molar-refractivity contribution in [1.82, 2.24) is 15.1 Å². The minimum absolute atomic E-state index is 0.444. The summed E-state index contributed by atoms with van der Waals surface area (Å²) in [5.74, 6) is 0. The standard InChI is InChI=1S/C17H31N4O/c22-17(20-11-9-19(10-12-20)15-3-1-4-15)21(16-5-2-6-16)13-7-18-8-14-21/h15-16,18H,1-14H2/q+1. The number of quaternary nitrogens is 1. The van der Waals surface area contributed by atoms with Gasteiger partial charge in [0.1, 0.15) is 13.1 Å². The Kier molecular flexibility index (Phi) is 4.13. The lowest BCUT2D eigenvalue weighted by atomic mass is 9.88. The second-order valence-electron chi connectivity index (χ2n) is 7.71. The van der Waals surface area contributed by atoms with E-state index in [0.29, 0.717) is 12.1 Å². The maximum atomic E-state index is 13.3. The Hall–Kier alpha value is -0.650. The molecule has 2 aliphatic carbocycles. The first-order valence-electron chi connectivity index (χ1n) is 9.41. The van der Waals surface area contributed by atoms with E-state index in [4.69, 9.17) is 0 Å². The number of rotatable bonds is 2. The molecular formula is C17H31N4O+. The van der Waals surface area contributed by atoms with Crippen LogP contribution in [0.5, 0.6) is 0 Å². The van der Waals surface area contributed by atoms with Crippen LogP contribution in [-0.2, 0) is 0 Å². The lowest BCUT2D eigenvalue weighted by Gasteiger charge is -2.51. The first-order chi connectivity index (χ1) is 10.8. The highest BCUT2D eigenvalue weighted by Gasteiger charge is 2.50. The molecule has 0 aromatic carbocycles. The van der Waals surface area contributed by atoms with Crippen molar-refractivity contribution in [2.75, 3.05) is 52.4 Å². The molecule has 0 bridgehead atoms. The summed E-state index contributed by atoms with van der Waals surface area (Å²) in [6.45, 7) is 8.12. The number of nitrogens with one attached hydrogen (secondary N) is 1. The molecule has 5 nitrogen and oxygen atoms in total. The van der Waals surface area contributed by atoms with E-state index in [9.17, 15) is 4.79 Å². The highest BCUT2D eigenvalue weighted by molar-refractivity contribution is 5.68. The topological polar surface area (TPSA) is 35.6 Å². The van der Waals surface area contributed by atoms with Gasteiger partial charge in [-0.1, -0.05) is 6.42 Å². The molecule has 2 amide bonds. The third-order valence-corrected chi connectivity index (χ3v) is 6.71. The van der Waals surface area contributed by atoms with E-state index < -0.39 is 0 Å². The first-order valence-corrected chi connectivity index (χ1v) is 9.41. The Bertz CT molecular complexity index is 405. The number of amides is 2. The summed E-state index contributed by atoms with van der Waals surface area (Å²) in [6.07, 6.45) is 7.99. The predicted molar refractivity (Wildman–Crippen MR) is 86.7 cm³/mol. The average Bonchev–Trinajstić information content (AvgIpc) is 2.45. The van der Waals surface area contributed by atoms with Gasteiger partial charge in [0, 0.05) is 58.2 Å².